The summed E-state index contributed by atoms with van der Waals surface area (Å²) in [6.07, 6.45) is 6.48. The number of rotatable bonds is 3. The number of hydrogen-bond acceptors (Lipinski definition) is 4. The molecule has 6 nitrogen and oxygen atoms in total. The molecular weight excluding hydrogens is 208 g/mol. The number of amides is 1. The van der Waals surface area contributed by atoms with Gasteiger partial charge in [-0.1, -0.05) is 18.1 Å². The third kappa shape index (κ3) is 2.79. The fraction of sp³-hybridized carbons (Fsp3) is 0.700. The van der Waals surface area contributed by atoms with Crippen LogP contribution in [0, 0.1) is 0 Å². The Morgan fingerprint density at radius 3 is 3.00 bits per heavy atom. The van der Waals surface area contributed by atoms with Crippen LogP contribution in [0.4, 0.5) is 0 Å². The van der Waals surface area contributed by atoms with Gasteiger partial charge in [0.2, 0.25) is 5.91 Å². The average molecular weight is 224 g/mol. The molecule has 2 unspecified atom stereocenters. The number of hydrogen-bond donors (Lipinski definition) is 2. The fourth-order valence-electron chi connectivity index (χ4n) is 2.00. The van der Waals surface area contributed by atoms with Gasteiger partial charge in [0.15, 0.2) is 0 Å². The fourth-order valence-corrected chi connectivity index (χ4v) is 2.00. The molecule has 1 heterocycles. The van der Waals surface area contributed by atoms with E-state index in [4.69, 9.17) is 0 Å². The smallest absolute Gasteiger partial charge is 0.242 e. The molecular formula is C10H16N4O2. The van der Waals surface area contributed by atoms with Gasteiger partial charge >= 0.3 is 0 Å². The molecule has 16 heavy (non-hydrogen) atoms. The van der Waals surface area contributed by atoms with Crippen molar-refractivity contribution in [1.29, 1.82) is 0 Å². The summed E-state index contributed by atoms with van der Waals surface area (Å²) >= 11 is 0. The monoisotopic (exact) mass is 224 g/mol. The highest BCUT2D eigenvalue weighted by atomic mass is 16.3. The van der Waals surface area contributed by atoms with Crippen LogP contribution in [-0.2, 0) is 11.3 Å². The SMILES string of the molecule is O=C(Cn1ccnn1)NC1CCCCC1O. The van der Waals surface area contributed by atoms with Gasteiger partial charge in [-0.25, -0.2) is 4.68 Å². The first-order valence-electron chi connectivity index (χ1n) is 5.57. The highest BCUT2D eigenvalue weighted by Crippen LogP contribution is 2.18. The zero-order chi connectivity index (χ0) is 11.4. The van der Waals surface area contributed by atoms with Crippen molar-refractivity contribution in [2.24, 2.45) is 0 Å². The van der Waals surface area contributed by atoms with Crippen LogP contribution >= 0.6 is 0 Å². The van der Waals surface area contributed by atoms with Gasteiger partial charge in [0.05, 0.1) is 18.3 Å². The van der Waals surface area contributed by atoms with Crippen molar-refractivity contribution in [3.05, 3.63) is 12.4 Å². The van der Waals surface area contributed by atoms with Gasteiger partial charge in [0.25, 0.3) is 0 Å². The summed E-state index contributed by atoms with van der Waals surface area (Å²) in [7, 11) is 0. The van der Waals surface area contributed by atoms with Gasteiger partial charge in [0, 0.05) is 6.20 Å². The van der Waals surface area contributed by atoms with Crippen LogP contribution in [0.3, 0.4) is 0 Å². The lowest BCUT2D eigenvalue weighted by Crippen LogP contribution is -2.46. The quantitative estimate of drug-likeness (QED) is 0.738. The molecule has 1 aromatic heterocycles. The maximum atomic E-state index is 11.6. The molecule has 1 amide bonds. The lowest BCUT2D eigenvalue weighted by atomic mass is 9.92. The summed E-state index contributed by atoms with van der Waals surface area (Å²) in [6, 6.07) is -0.107. The lowest BCUT2D eigenvalue weighted by molar-refractivity contribution is -0.123. The third-order valence-corrected chi connectivity index (χ3v) is 2.85. The number of nitrogens with zero attached hydrogens (tertiary/aromatic N) is 3. The first-order valence-corrected chi connectivity index (χ1v) is 5.57. The van der Waals surface area contributed by atoms with Crippen molar-refractivity contribution < 1.29 is 9.90 Å². The molecule has 2 atom stereocenters. The average Bonchev–Trinajstić information content (AvgIpc) is 2.74. The summed E-state index contributed by atoms with van der Waals surface area (Å²) in [5.74, 6) is -0.128. The van der Waals surface area contributed by atoms with Gasteiger partial charge < -0.3 is 10.4 Å². The Bertz CT molecular complexity index is 339. The molecule has 1 fully saturated rings. The van der Waals surface area contributed by atoms with E-state index in [0.29, 0.717) is 0 Å². The minimum absolute atomic E-state index is 0.107. The minimum Gasteiger partial charge on any atom is -0.391 e. The summed E-state index contributed by atoms with van der Waals surface area (Å²) < 4.78 is 1.46. The van der Waals surface area contributed by atoms with Crippen molar-refractivity contribution in [3.63, 3.8) is 0 Å². The van der Waals surface area contributed by atoms with Crippen molar-refractivity contribution in [2.75, 3.05) is 0 Å². The first-order chi connectivity index (χ1) is 7.75. The Balaban J connectivity index is 1.82. The molecule has 2 N–H and O–H groups in total. The summed E-state index contributed by atoms with van der Waals surface area (Å²) in [6.45, 7) is 0.156. The second-order valence-electron chi connectivity index (χ2n) is 4.13. The predicted octanol–water partition coefficient (Wildman–Crippen LogP) is -0.302. The van der Waals surface area contributed by atoms with E-state index in [9.17, 15) is 9.90 Å². The molecule has 6 heteroatoms. The molecule has 0 aliphatic heterocycles. The van der Waals surface area contributed by atoms with E-state index < -0.39 is 6.10 Å². The van der Waals surface area contributed by atoms with E-state index in [0.717, 1.165) is 25.7 Å². The third-order valence-electron chi connectivity index (χ3n) is 2.85. The Kier molecular flexibility index (Phi) is 3.51. The molecule has 1 aliphatic carbocycles. The molecule has 0 aromatic carbocycles. The van der Waals surface area contributed by atoms with E-state index in [1.54, 1.807) is 6.20 Å². The molecule has 88 valence electrons. The van der Waals surface area contributed by atoms with E-state index in [-0.39, 0.29) is 18.5 Å². The lowest BCUT2D eigenvalue weighted by Gasteiger charge is -2.28. The van der Waals surface area contributed by atoms with Crippen LogP contribution in [-0.4, -0.2) is 38.2 Å². The predicted molar refractivity (Wildman–Crippen MR) is 56.4 cm³/mol. The topological polar surface area (TPSA) is 80.0 Å². The number of nitrogens with one attached hydrogen (secondary N) is 1. The zero-order valence-corrected chi connectivity index (χ0v) is 9.04. The maximum absolute atomic E-state index is 11.6. The van der Waals surface area contributed by atoms with Crippen molar-refractivity contribution in [3.8, 4) is 0 Å². The summed E-state index contributed by atoms with van der Waals surface area (Å²) in [4.78, 5) is 11.6. The Labute approximate surface area is 93.6 Å². The number of aliphatic hydroxyl groups is 1. The van der Waals surface area contributed by atoms with Gasteiger partial charge in [0.1, 0.15) is 6.54 Å². The number of carbonyl (C=O) groups is 1. The maximum Gasteiger partial charge on any atom is 0.242 e. The van der Waals surface area contributed by atoms with Crippen LogP contribution in [0.5, 0.6) is 0 Å². The highest BCUT2D eigenvalue weighted by Gasteiger charge is 2.24. The van der Waals surface area contributed by atoms with Gasteiger partial charge in [-0.05, 0) is 12.8 Å². The normalized spacial score (nSPS) is 25.3. The molecule has 0 spiro atoms. The summed E-state index contributed by atoms with van der Waals surface area (Å²) in [5.41, 5.74) is 0. The zero-order valence-electron chi connectivity index (χ0n) is 9.04. The van der Waals surface area contributed by atoms with Crippen LogP contribution in [0.1, 0.15) is 25.7 Å². The van der Waals surface area contributed by atoms with E-state index in [1.807, 2.05) is 0 Å². The van der Waals surface area contributed by atoms with Crippen molar-refractivity contribution in [1.82, 2.24) is 20.3 Å². The number of carbonyl (C=O) groups excluding carboxylic acids is 1. The summed E-state index contributed by atoms with van der Waals surface area (Å²) in [5, 5.41) is 19.9. The van der Waals surface area contributed by atoms with Crippen LogP contribution in [0.25, 0.3) is 0 Å². The van der Waals surface area contributed by atoms with Crippen LogP contribution in [0.2, 0.25) is 0 Å². The van der Waals surface area contributed by atoms with Crippen molar-refractivity contribution in [2.45, 2.75) is 44.4 Å². The molecule has 2 rings (SSSR count). The van der Waals surface area contributed by atoms with Crippen LogP contribution in [0.15, 0.2) is 12.4 Å². The molecule has 0 radical (unpaired) electrons. The standard InChI is InChI=1S/C10H16N4O2/c15-9-4-2-1-3-8(9)12-10(16)7-14-6-5-11-13-14/h5-6,8-9,15H,1-4,7H2,(H,12,16). The van der Waals surface area contributed by atoms with Crippen LogP contribution < -0.4 is 5.32 Å². The van der Waals surface area contributed by atoms with Gasteiger partial charge in [-0.3, -0.25) is 4.79 Å². The van der Waals surface area contributed by atoms with E-state index in [2.05, 4.69) is 15.6 Å². The largest absolute Gasteiger partial charge is 0.391 e. The molecule has 0 saturated heterocycles. The minimum atomic E-state index is -0.409. The van der Waals surface area contributed by atoms with E-state index >= 15 is 0 Å². The molecule has 1 aliphatic rings. The second-order valence-corrected chi connectivity index (χ2v) is 4.13. The van der Waals surface area contributed by atoms with Gasteiger partial charge in [-0.15, -0.1) is 5.10 Å². The van der Waals surface area contributed by atoms with Gasteiger partial charge in [-0.2, -0.15) is 0 Å². The number of aromatic nitrogens is 3. The molecule has 1 aromatic rings. The Hall–Kier alpha value is -1.43. The molecule has 1 saturated carbocycles. The first kappa shape index (κ1) is 11.1. The highest BCUT2D eigenvalue weighted by molar-refractivity contribution is 5.76. The van der Waals surface area contributed by atoms with E-state index in [1.165, 1.54) is 10.9 Å². The van der Waals surface area contributed by atoms with Crippen molar-refractivity contribution >= 4 is 5.91 Å². The number of aliphatic hydroxyl groups excluding tert-OH is 1. The molecule has 0 bridgehead atoms. The second kappa shape index (κ2) is 5.07. The Morgan fingerprint density at radius 1 is 1.50 bits per heavy atom. The Morgan fingerprint density at radius 2 is 2.31 bits per heavy atom.